The third kappa shape index (κ3) is 6.40. The van der Waals surface area contributed by atoms with Crippen LogP contribution in [0.3, 0.4) is 0 Å². The van der Waals surface area contributed by atoms with Gasteiger partial charge in [-0.05, 0) is 76.7 Å². The molecule has 0 radical (unpaired) electrons. The highest BCUT2D eigenvalue weighted by atomic mass is 127. The Balaban J connectivity index is 1.36. The number of amides is 2. The van der Waals surface area contributed by atoms with Gasteiger partial charge >= 0.3 is 5.91 Å². The fraction of sp³-hybridized carbons (Fsp3) is 0.0800. The number of nitrogens with zero attached hydrogens (tertiary/aromatic N) is 1. The summed E-state index contributed by atoms with van der Waals surface area (Å²) in [5.74, 6) is 0.216. The lowest BCUT2D eigenvalue weighted by Gasteiger charge is -2.11. The van der Waals surface area contributed by atoms with Gasteiger partial charge in [0.05, 0.1) is 16.9 Å². The number of fused-ring (bicyclic) bond motifs is 1. The van der Waals surface area contributed by atoms with E-state index in [4.69, 9.17) is 13.9 Å². The van der Waals surface area contributed by atoms with E-state index in [0.29, 0.717) is 28.3 Å². The van der Waals surface area contributed by atoms with Gasteiger partial charge in [0, 0.05) is 15.5 Å². The van der Waals surface area contributed by atoms with Gasteiger partial charge < -0.3 is 19.2 Å². The van der Waals surface area contributed by atoms with Crippen molar-refractivity contribution in [2.24, 2.45) is 5.10 Å². The van der Waals surface area contributed by atoms with Crippen LogP contribution in [0.2, 0.25) is 0 Å². The zero-order valence-corrected chi connectivity index (χ0v) is 22.1. The molecule has 0 saturated carbocycles. The highest BCUT2D eigenvalue weighted by Gasteiger charge is 2.14. The number of methoxy groups -OCH3 is 1. The minimum Gasteiger partial charge on any atom is -0.493 e. The van der Waals surface area contributed by atoms with E-state index in [1.807, 2.05) is 30.3 Å². The number of hydrazone groups is 1. The Morgan fingerprint density at radius 1 is 1.09 bits per heavy atom. The fourth-order valence-electron chi connectivity index (χ4n) is 3.15. The lowest BCUT2D eigenvalue weighted by atomic mass is 10.2. The minimum absolute atomic E-state index is 0.156. The summed E-state index contributed by atoms with van der Waals surface area (Å²) in [6.45, 7) is -0.179. The Morgan fingerprint density at radius 2 is 1.89 bits per heavy atom. The van der Waals surface area contributed by atoms with E-state index in [2.05, 4.69) is 54.4 Å². The Hall–Kier alpha value is -3.38. The van der Waals surface area contributed by atoms with Crippen LogP contribution in [0.25, 0.3) is 11.0 Å². The molecule has 0 spiro atoms. The predicted molar refractivity (Wildman–Crippen MR) is 145 cm³/mol. The van der Waals surface area contributed by atoms with Crippen LogP contribution >= 0.6 is 38.5 Å². The number of rotatable bonds is 8. The number of nitrogens with one attached hydrogen (secondary N) is 2. The summed E-state index contributed by atoms with van der Waals surface area (Å²) in [5, 5.41) is 7.56. The van der Waals surface area contributed by atoms with Crippen LogP contribution in [-0.2, 0) is 4.79 Å². The normalized spacial score (nSPS) is 10.9. The molecule has 8 nitrogen and oxygen atoms in total. The van der Waals surface area contributed by atoms with Crippen molar-refractivity contribution in [2.45, 2.75) is 0 Å². The summed E-state index contributed by atoms with van der Waals surface area (Å²) in [6.07, 6.45) is 1.47. The molecule has 2 amide bonds. The van der Waals surface area contributed by atoms with E-state index in [9.17, 15) is 9.59 Å². The highest BCUT2D eigenvalue weighted by Crippen LogP contribution is 2.29. The predicted octanol–water partition coefficient (Wildman–Crippen LogP) is 5.59. The molecule has 4 aromatic rings. The van der Waals surface area contributed by atoms with Gasteiger partial charge in [0.1, 0.15) is 5.58 Å². The van der Waals surface area contributed by atoms with E-state index in [-0.39, 0.29) is 18.3 Å². The smallest absolute Gasteiger partial charge is 0.307 e. The van der Waals surface area contributed by atoms with Gasteiger partial charge in [-0.25, -0.2) is 5.43 Å². The van der Waals surface area contributed by atoms with Gasteiger partial charge in [0.15, 0.2) is 23.9 Å². The minimum atomic E-state index is -0.472. The topological polar surface area (TPSA) is 102 Å². The van der Waals surface area contributed by atoms with Gasteiger partial charge in [-0.3, -0.25) is 9.59 Å². The molecule has 0 bridgehead atoms. The van der Waals surface area contributed by atoms with Crippen molar-refractivity contribution in [2.75, 3.05) is 19.0 Å². The number of para-hydroxylation sites is 1. The first-order valence-corrected chi connectivity index (χ1v) is 12.2. The third-order valence-electron chi connectivity index (χ3n) is 4.74. The van der Waals surface area contributed by atoms with Crippen molar-refractivity contribution in [3.05, 3.63) is 86.1 Å². The van der Waals surface area contributed by atoms with Crippen LogP contribution in [0.5, 0.6) is 11.5 Å². The number of hydrogen-bond donors (Lipinski definition) is 2. The standard InChI is InChI=1S/C25H19BrIN3O5/c1-33-21-9-15(7-8-20(21)34-14-23(31)29-18-5-3-2-4-6-18)13-28-30-25(32)22-11-16-10-17(26)12-19(27)24(16)35-22/h2-13H,14H2,1H3,(H,29,31)(H,30,32)/b28-13-. The number of ether oxygens (including phenoxy) is 2. The quantitative estimate of drug-likeness (QED) is 0.148. The van der Waals surface area contributed by atoms with Crippen molar-refractivity contribution in [1.82, 2.24) is 5.43 Å². The van der Waals surface area contributed by atoms with Crippen LogP contribution in [0.15, 0.2) is 80.7 Å². The average molecular weight is 648 g/mol. The first-order valence-electron chi connectivity index (χ1n) is 10.3. The van der Waals surface area contributed by atoms with E-state index in [0.717, 1.165) is 13.4 Å². The van der Waals surface area contributed by atoms with E-state index in [1.54, 1.807) is 36.4 Å². The lowest BCUT2D eigenvalue weighted by molar-refractivity contribution is -0.118. The van der Waals surface area contributed by atoms with Crippen molar-refractivity contribution in [1.29, 1.82) is 0 Å². The van der Waals surface area contributed by atoms with Crippen LogP contribution in [0.4, 0.5) is 5.69 Å². The SMILES string of the molecule is COc1cc(/C=N\NC(=O)c2cc3cc(Br)cc(I)c3o2)ccc1OCC(=O)Nc1ccccc1. The summed E-state index contributed by atoms with van der Waals surface area (Å²) < 4.78 is 18.4. The van der Waals surface area contributed by atoms with Crippen molar-refractivity contribution < 1.29 is 23.5 Å². The first-order chi connectivity index (χ1) is 16.9. The van der Waals surface area contributed by atoms with Gasteiger partial charge in [-0.2, -0.15) is 5.10 Å². The Morgan fingerprint density at radius 3 is 2.66 bits per heavy atom. The number of carbonyl (C=O) groups excluding carboxylic acids is 2. The monoisotopic (exact) mass is 647 g/mol. The second-order valence-corrected chi connectivity index (χ2v) is 9.31. The summed E-state index contributed by atoms with van der Waals surface area (Å²) in [4.78, 5) is 24.6. The second kappa shape index (κ2) is 11.4. The van der Waals surface area contributed by atoms with Gasteiger partial charge in [-0.1, -0.05) is 34.1 Å². The molecule has 3 aromatic carbocycles. The van der Waals surface area contributed by atoms with Gasteiger partial charge in [0.25, 0.3) is 5.91 Å². The number of anilines is 1. The van der Waals surface area contributed by atoms with E-state index in [1.165, 1.54) is 13.3 Å². The van der Waals surface area contributed by atoms with Gasteiger partial charge in [-0.15, -0.1) is 0 Å². The zero-order chi connectivity index (χ0) is 24.8. The van der Waals surface area contributed by atoms with E-state index < -0.39 is 5.91 Å². The second-order valence-electron chi connectivity index (χ2n) is 7.23. The Kier molecular flexibility index (Phi) is 8.03. The molecule has 1 heterocycles. The Labute approximate surface area is 222 Å². The van der Waals surface area contributed by atoms with Crippen molar-refractivity contribution >= 4 is 73.2 Å². The maximum atomic E-state index is 12.4. The molecule has 0 unspecified atom stereocenters. The maximum Gasteiger partial charge on any atom is 0.307 e. The molecule has 4 rings (SSSR count). The van der Waals surface area contributed by atoms with Crippen LogP contribution in [-0.4, -0.2) is 31.7 Å². The number of halogens is 2. The molecule has 0 atom stereocenters. The fourth-order valence-corrected chi connectivity index (χ4v) is 4.81. The molecule has 0 aliphatic heterocycles. The van der Waals surface area contributed by atoms with Crippen molar-refractivity contribution in [3.8, 4) is 11.5 Å². The zero-order valence-electron chi connectivity index (χ0n) is 18.4. The van der Waals surface area contributed by atoms with Crippen molar-refractivity contribution in [3.63, 3.8) is 0 Å². The number of hydrogen-bond acceptors (Lipinski definition) is 6. The van der Waals surface area contributed by atoms with Gasteiger partial charge in [0.2, 0.25) is 0 Å². The van der Waals surface area contributed by atoms with E-state index >= 15 is 0 Å². The summed E-state index contributed by atoms with van der Waals surface area (Å²) in [7, 11) is 1.50. The molecule has 10 heteroatoms. The molecule has 35 heavy (non-hydrogen) atoms. The lowest BCUT2D eigenvalue weighted by Crippen LogP contribution is -2.20. The largest absolute Gasteiger partial charge is 0.493 e. The number of benzene rings is 3. The molecule has 0 aliphatic rings. The highest BCUT2D eigenvalue weighted by molar-refractivity contribution is 14.1. The van der Waals surface area contributed by atoms with Crippen LogP contribution < -0.4 is 20.2 Å². The number of furan rings is 1. The molecular weight excluding hydrogens is 629 g/mol. The summed E-state index contributed by atoms with van der Waals surface area (Å²) in [6, 6.07) is 19.6. The van der Waals surface area contributed by atoms with Crippen LogP contribution in [0, 0.1) is 3.57 Å². The summed E-state index contributed by atoms with van der Waals surface area (Å²) in [5.41, 5.74) is 4.44. The number of carbonyl (C=O) groups is 2. The first kappa shape index (κ1) is 24.7. The maximum absolute atomic E-state index is 12.4. The third-order valence-corrected chi connectivity index (χ3v) is 6.00. The molecule has 2 N–H and O–H groups in total. The molecular formula is C25H19BrIN3O5. The Bertz CT molecular complexity index is 1410. The molecule has 178 valence electrons. The molecule has 1 aromatic heterocycles. The summed E-state index contributed by atoms with van der Waals surface area (Å²) >= 11 is 5.59. The molecule has 0 fully saturated rings. The molecule has 0 saturated heterocycles. The van der Waals surface area contributed by atoms with Crippen LogP contribution in [0.1, 0.15) is 16.1 Å². The average Bonchev–Trinajstić information content (AvgIpc) is 3.28. The molecule has 0 aliphatic carbocycles.